The molecular formula is C11H11F3N2O. The fourth-order valence-electron chi connectivity index (χ4n) is 1.62. The summed E-state index contributed by atoms with van der Waals surface area (Å²) in [4.78, 5) is 6.82. The second-order valence-corrected chi connectivity index (χ2v) is 3.92. The van der Waals surface area contributed by atoms with Crippen LogP contribution in [0.15, 0.2) is 18.2 Å². The van der Waals surface area contributed by atoms with Crippen LogP contribution in [0.2, 0.25) is 0 Å². The minimum atomic E-state index is -4.62. The van der Waals surface area contributed by atoms with Crippen molar-refractivity contribution in [2.24, 2.45) is 0 Å². The number of fused-ring (bicyclic) bond motifs is 1. The summed E-state index contributed by atoms with van der Waals surface area (Å²) in [6.45, 7) is 1.83. The van der Waals surface area contributed by atoms with Crippen molar-refractivity contribution in [3.05, 3.63) is 29.6 Å². The Labute approximate surface area is 95.3 Å². The first-order valence-electron chi connectivity index (χ1n) is 5.07. The summed E-state index contributed by atoms with van der Waals surface area (Å²) in [6, 6.07) is 5.35. The van der Waals surface area contributed by atoms with Crippen molar-refractivity contribution >= 4 is 11.0 Å². The number of aliphatic hydroxyl groups excluding tert-OH is 1. The molecule has 1 aromatic heterocycles. The first kappa shape index (κ1) is 11.9. The molecule has 0 saturated heterocycles. The van der Waals surface area contributed by atoms with Crippen LogP contribution in [0.1, 0.15) is 11.4 Å². The van der Waals surface area contributed by atoms with E-state index in [4.69, 9.17) is 5.11 Å². The van der Waals surface area contributed by atoms with Crippen molar-refractivity contribution in [2.45, 2.75) is 25.6 Å². The van der Waals surface area contributed by atoms with Crippen molar-refractivity contribution in [3.8, 4) is 0 Å². The number of H-pyrrole nitrogens is 1. The molecule has 0 spiro atoms. The second-order valence-electron chi connectivity index (χ2n) is 3.92. The van der Waals surface area contributed by atoms with Crippen LogP contribution in [0.4, 0.5) is 13.2 Å². The molecule has 17 heavy (non-hydrogen) atoms. The summed E-state index contributed by atoms with van der Waals surface area (Å²) in [5.41, 5.74) is 2.19. The number of halogens is 3. The van der Waals surface area contributed by atoms with Crippen molar-refractivity contribution < 1.29 is 18.3 Å². The topological polar surface area (TPSA) is 48.9 Å². The first-order chi connectivity index (χ1) is 7.88. The van der Waals surface area contributed by atoms with Crippen LogP contribution in [-0.4, -0.2) is 27.4 Å². The van der Waals surface area contributed by atoms with Crippen LogP contribution in [0.5, 0.6) is 0 Å². The summed E-state index contributed by atoms with van der Waals surface area (Å²) in [5.74, 6) is 0.138. The van der Waals surface area contributed by atoms with E-state index in [1.807, 2.05) is 13.0 Å². The number of aliphatic hydroxyl groups is 1. The fraction of sp³-hybridized carbons (Fsp3) is 0.364. The number of alkyl halides is 3. The molecule has 3 nitrogen and oxygen atoms in total. The molecule has 1 heterocycles. The molecule has 1 unspecified atom stereocenters. The average Bonchev–Trinajstić information content (AvgIpc) is 2.60. The van der Waals surface area contributed by atoms with Gasteiger partial charge >= 0.3 is 6.18 Å². The van der Waals surface area contributed by atoms with Crippen LogP contribution >= 0.6 is 0 Å². The van der Waals surface area contributed by atoms with Gasteiger partial charge in [0.1, 0.15) is 5.82 Å². The zero-order valence-electron chi connectivity index (χ0n) is 9.04. The molecule has 2 aromatic rings. The van der Waals surface area contributed by atoms with Gasteiger partial charge in [0.15, 0.2) is 6.10 Å². The third-order valence-corrected chi connectivity index (χ3v) is 2.53. The highest BCUT2D eigenvalue weighted by Gasteiger charge is 2.38. The average molecular weight is 244 g/mol. The predicted octanol–water partition coefficient (Wildman–Crippen LogP) is 2.34. The molecule has 0 aliphatic rings. The van der Waals surface area contributed by atoms with Crippen molar-refractivity contribution in [3.63, 3.8) is 0 Å². The number of aryl methyl sites for hydroxylation is 1. The molecular weight excluding hydrogens is 233 g/mol. The molecule has 2 rings (SSSR count). The molecule has 0 aliphatic heterocycles. The zero-order valence-corrected chi connectivity index (χ0v) is 9.04. The highest BCUT2D eigenvalue weighted by molar-refractivity contribution is 5.78. The van der Waals surface area contributed by atoms with E-state index in [1.54, 1.807) is 12.1 Å². The molecule has 1 aromatic carbocycles. The molecule has 92 valence electrons. The number of benzene rings is 1. The summed E-state index contributed by atoms with van der Waals surface area (Å²) in [6.07, 6.45) is -7.56. The van der Waals surface area contributed by atoms with Gasteiger partial charge in [0.05, 0.1) is 11.0 Å². The fourth-order valence-corrected chi connectivity index (χ4v) is 1.62. The van der Waals surface area contributed by atoms with Crippen LogP contribution in [0, 0.1) is 6.92 Å². The molecule has 0 aliphatic carbocycles. The minimum absolute atomic E-state index is 0.138. The van der Waals surface area contributed by atoms with Crippen molar-refractivity contribution in [2.75, 3.05) is 0 Å². The van der Waals surface area contributed by atoms with E-state index in [0.29, 0.717) is 11.0 Å². The molecule has 0 fully saturated rings. The smallest absolute Gasteiger partial charge is 0.383 e. The van der Waals surface area contributed by atoms with Gasteiger partial charge in [-0.1, -0.05) is 12.1 Å². The molecule has 1 atom stereocenters. The monoisotopic (exact) mass is 244 g/mol. The highest BCUT2D eigenvalue weighted by atomic mass is 19.4. The Bertz CT molecular complexity index is 533. The Hall–Kier alpha value is -1.56. The molecule has 0 saturated carbocycles. The number of rotatable bonds is 2. The number of nitrogens with one attached hydrogen (secondary N) is 1. The molecule has 0 bridgehead atoms. The van der Waals surface area contributed by atoms with Crippen LogP contribution in [0.3, 0.4) is 0 Å². The van der Waals surface area contributed by atoms with Gasteiger partial charge in [-0.05, 0) is 18.6 Å². The van der Waals surface area contributed by atoms with E-state index in [9.17, 15) is 13.2 Å². The van der Waals surface area contributed by atoms with Gasteiger partial charge in [0, 0.05) is 6.42 Å². The van der Waals surface area contributed by atoms with E-state index in [1.165, 1.54) is 0 Å². The number of aromatic nitrogens is 2. The summed E-state index contributed by atoms with van der Waals surface area (Å²) in [7, 11) is 0. The third-order valence-electron chi connectivity index (χ3n) is 2.53. The quantitative estimate of drug-likeness (QED) is 0.851. The minimum Gasteiger partial charge on any atom is -0.383 e. The van der Waals surface area contributed by atoms with Crippen LogP contribution < -0.4 is 0 Å². The SMILES string of the molecule is Cc1cccc2[nH]c(CC(O)C(F)(F)F)nc12. The van der Waals surface area contributed by atoms with E-state index >= 15 is 0 Å². The van der Waals surface area contributed by atoms with Gasteiger partial charge in [0.25, 0.3) is 0 Å². The van der Waals surface area contributed by atoms with Crippen molar-refractivity contribution in [1.29, 1.82) is 0 Å². The normalized spacial score (nSPS) is 14.2. The maximum atomic E-state index is 12.2. The Morgan fingerprint density at radius 3 is 2.71 bits per heavy atom. The summed E-state index contributed by atoms with van der Waals surface area (Å²) in [5, 5.41) is 8.95. The Kier molecular flexibility index (Phi) is 2.82. The number of nitrogens with zero attached hydrogens (tertiary/aromatic N) is 1. The first-order valence-corrected chi connectivity index (χ1v) is 5.07. The largest absolute Gasteiger partial charge is 0.414 e. The molecule has 2 N–H and O–H groups in total. The van der Waals surface area contributed by atoms with Gasteiger partial charge in [-0.2, -0.15) is 13.2 Å². The van der Waals surface area contributed by atoms with Crippen LogP contribution in [-0.2, 0) is 6.42 Å². The number of para-hydroxylation sites is 1. The van der Waals surface area contributed by atoms with Gasteiger partial charge in [-0.3, -0.25) is 0 Å². The van der Waals surface area contributed by atoms with Crippen LogP contribution in [0.25, 0.3) is 11.0 Å². The Morgan fingerprint density at radius 2 is 2.12 bits per heavy atom. The highest BCUT2D eigenvalue weighted by Crippen LogP contribution is 2.23. The van der Waals surface area contributed by atoms with E-state index in [0.717, 1.165) is 5.56 Å². The maximum absolute atomic E-state index is 12.2. The Morgan fingerprint density at radius 1 is 1.41 bits per heavy atom. The number of imidazole rings is 1. The zero-order chi connectivity index (χ0) is 12.6. The lowest BCUT2D eigenvalue weighted by atomic mass is 10.2. The number of aromatic amines is 1. The molecule has 0 radical (unpaired) electrons. The predicted molar refractivity (Wildman–Crippen MR) is 56.6 cm³/mol. The molecule has 6 heteroatoms. The van der Waals surface area contributed by atoms with E-state index in [-0.39, 0.29) is 5.82 Å². The Balaban J connectivity index is 2.29. The van der Waals surface area contributed by atoms with E-state index in [2.05, 4.69) is 9.97 Å². The lowest BCUT2D eigenvalue weighted by Crippen LogP contribution is -2.30. The van der Waals surface area contributed by atoms with Gasteiger partial charge < -0.3 is 10.1 Å². The third kappa shape index (κ3) is 2.41. The molecule has 0 amide bonds. The summed E-state index contributed by atoms with van der Waals surface area (Å²) < 4.78 is 36.5. The lowest BCUT2D eigenvalue weighted by molar-refractivity contribution is -0.203. The standard InChI is InChI=1S/C11H11F3N2O/c1-6-3-2-4-7-10(6)16-9(15-7)5-8(17)11(12,13)14/h2-4,8,17H,5H2,1H3,(H,15,16). The number of hydrogen-bond acceptors (Lipinski definition) is 2. The lowest BCUT2D eigenvalue weighted by Gasteiger charge is -2.12. The second kappa shape index (κ2) is 4.03. The maximum Gasteiger partial charge on any atom is 0.414 e. The number of hydrogen-bond donors (Lipinski definition) is 2. The van der Waals surface area contributed by atoms with E-state index < -0.39 is 18.7 Å². The van der Waals surface area contributed by atoms with Gasteiger partial charge in [-0.25, -0.2) is 4.98 Å². The summed E-state index contributed by atoms with van der Waals surface area (Å²) >= 11 is 0. The van der Waals surface area contributed by atoms with Crippen molar-refractivity contribution in [1.82, 2.24) is 9.97 Å². The van der Waals surface area contributed by atoms with Gasteiger partial charge in [-0.15, -0.1) is 0 Å². The van der Waals surface area contributed by atoms with Gasteiger partial charge in [0.2, 0.25) is 0 Å².